The van der Waals surface area contributed by atoms with E-state index in [4.69, 9.17) is 5.11 Å². The van der Waals surface area contributed by atoms with Crippen molar-refractivity contribution in [1.29, 1.82) is 0 Å². The fourth-order valence-electron chi connectivity index (χ4n) is 2.10. The Morgan fingerprint density at radius 2 is 1.90 bits per heavy atom. The Labute approximate surface area is 119 Å². The molecule has 1 aromatic heterocycles. The van der Waals surface area contributed by atoms with Gasteiger partial charge in [-0.1, -0.05) is 24.3 Å². The van der Waals surface area contributed by atoms with Gasteiger partial charge in [0, 0.05) is 11.1 Å². The lowest BCUT2D eigenvalue weighted by Crippen LogP contribution is -1.95. The van der Waals surface area contributed by atoms with Gasteiger partial charge < -0.3 is 5.11 Å². The molecule has 3 rings (SSSR count). The molecule has 2 N–H and O–H groups in total. The van der Waals surface area contributed by atoms with Crippen molar-refractivity contribution in [1.82, 2.24) is 10.2 Å². The Morgan fingerprint density at radius 1 is 1.10 bits per heavy atom. The molecular formula is C16H11FN2O2. The minimum absolute atomic E-state index is 0.183. The minimum atomic E-state index is -0.998. The largest absolute Gasteiger partial charge is 0.478 e. The number of nitrogens with one attached hydrogen (secondary N) is 1. The van der Waals surface area contributed by atoms with E-state index < -0.39 is 5.97 Å². The van der Waals surface area contributed by atoms with Gasteiger partial charge in [-0.15, -0.1) is 0 Å². The number of aromatic carboxylic acids is 1. The van der Waals surface area contributed by atoms with Crippen molar-refractivity contribution in [3.05, 3.63) is 66.0 Å². The number of hydrogen-bond acceptors (Lipinski definition) is 2. The van der Waals surface area contributed by atoms with E-state index in [2.05, 4.69) is 10.2 Å². The molecule has 0 aliphatic heterocycles. The molecule has 1 heterocycles. The first kappa shape index (κ1) is 13.1. The van der Waals surface area contributed by atoms with Crippen LogP contribution in [0.15, 0.2) is 54.6 Å². The zero-order chi connectivity index (χ0) is 14.8. The molecule has 0 amide bonds. The molecule has 0 saturated heterocycles. The normalized spacial score (nSPS) is 10.5. The fraction of sp³-hybridized carbons (Fsp3) is 0. The quantitative estimate of drug-likeness (QED) is 0.771. The van der Waals surface area contributed by atoms with Gasteiger partial charge in [0.1, 0.15) is 5.82 Å². The van der Waals surface area contributed by atoms with Gasteiger partial charge in [-0.05, 0) is 30.3 Å². The maximum atomic E-state index is 13.7. The molecule has 0 unspecified atom stereocenters. The van der Waals surface area contributed by atoms with Crippen molar-refractivity contribution in [2.45, 2.75) is 0 Å². The number of aromatic amines is 1. The Bertz CT molecular complexity index is 811. The summed E-state index contributed by atoms with van der Waals surface area (Å²) in [6.45, 7) is 0. The third-order valence-electron chi connectivity index (χ3n) is 3.15. The van der Waals surface area contributed by atoms with Gasteiger partial charge in [0.15, 0.2) is 0 Å². The third-order valence-corrected chi connectivity index (χ3v) is 3.15. The molecule has 0 saturated carbocycles. The zero-order valence-corrected chi connectivity index (χ0v) is 10.9. The highest BCUT2D eigenvalue weighted by atomic mass is 19.1. The number of hydrogen-bond donors (Lipinski definition) is 2. The molecule has 0 spiro atoms. The number of halogens is 1. The lowest BCUT2D eigenvalue weighted by Gasteiger charge is -1.99. The van der Waals surface area contributed by atoms with Crippen LogP contribution in [0, 0.1) is 5.82 Å². The number of H-pyrrole nitrogens is 1. The first-order chi connectivity index (χ1) is 10.1. The molecule has 21 heavy (non-hydrogen) atoms. The number of benzene rings is 2. The van der Waals surface area contributed by atoms with E-state index in [1.165, 1.54) is 18.2 Å². The maximum absolute atomic E-state index is 13.7. The van der Waals surface area contributed by atoms with Crippen LogP contribution < -0.4 is 0 Å². The highest BCUT2D eigenvalue weighted by molar-refractivity contribution is 5.89. The highest BCUT2D eigenvalue weighted by Crippen LogP contribution is 2.26. The molecule has 0 radical (unpaired) electrons. The van der Waals surface area contributed by atoms with Gasteiger partial charge in [-0.2, -0.15) is 5.10 Å². The van der Waals surface area contributed by atoms with E-state index in [0.717, 1.165) is 0 Å². The Kier molecular flexibility index (Phi) is 3.23. The lowest BCUT2D eigenvalue weighted by molar-refractivity contribution is 0.0697. The second kappa shape index (κ2) is 5.20. The Hall–Kier alpha value is -2.95. The smallest absolute Gasteiger partial charge is 0.335 e. The summed E-state index contributed by atoms with van der Waals surface area (Å²) in [5.74, 6) is -1.34. The fourth-order valence-corrected chi connectivity index (χ4v) is 2.10. The summed E-state index contributed by atoms with van der Waals surface area (Å²) < 4.78 is 13.7. The van der Waals surface area contributed by atoms with Crippen molar-refractivity contribution in [3.63, 3.8) is 0 Å². The van der Waals surface area contributed by atoms with Crippen LogP contribution in [0.3, 0.4) is 0 Å². The van der Waals surface area contributed by atoms with Gasteiger partial charge in [0.25, 0.3) is 0 Å². The van der Waals surface area contributed by atoms with Crippen LogP contribution in [0.5, 0.6) is 0 Å². The van der Waals surface area contributed by atoms with E-state index in [9.17, 15) is 9.18 Å². The second-order valence-corrected chi connectivity index (χ2v) is 4.53. The third kappa shape index (κ3) is 2.53. The molecule has 0 atom stereocenters. The molecular weight excluding hydrogens is 271 g/mol. The Morgan fingerprint density at radius 3 is 2.67 bits per heavy atom. The number of carboxylic acids is 1. The summed E-state index contributed by atoms with van der Waals surface area (Å²) in [5.41, 5.74) is 2.38. The zero-order valence-electron chi connectivity index (χ0n) is 10.9. The van der Waals surface area contributed by atoms with E-state index >= 15 is 0 Å². The average Bonchev–Trinajstić information content (AvgIpc) is 2.97. The number of aromatic nitrogens is 2. The molecule has 0 bridgehead atoms. The molecule has 0 aliphatic rings. The van der Waals surface area contributed by atoms with E-state index in [1.54, 1.807) is 36.4 Å². The topological polar surface area (TPSA) is 66.0 Å². The van der Waals surface area contributed by atoms with E-state index in [0.29, 0.717) is 22.5 Å². The first-order valence-corrected chi connectivity index (χ1v) is 6.29. The van der Waals surface area contributed by atoms with Crippen LogP contribution in [-0.2, 0) is 0 Å². The maximum Gasteiger partial charge on any atom is 0.335 e. The minimum Gasteiger partial charge on any atom is -0.478 e. The van der Waals surface area contributed by atoms with Gasteiger partial charge in [-0.3, -0.25) is 5.10 Å². The van der Waals surface area contributed by atoms with Gasteiger partial charge in [0.05, 0.1) is 17.0 Å². The molecule has 4 nitrogen and oxygen atoms in total. The van der Waals surface area contributed by atoms with Crippen molar-refractivity contribution in [2.24, 2.45) is 0 Å². The van der Waals surface area contributed by atoms with E-state index in [-0.39, 0.29) is 11.4 Å². The first-order valence-electron chi connectivity index (χ1n) is 6.29. The van der Waals surface area contributed by atoms with Crippen molar-refractivity contribution < 1.29 is 14.3 Å². The summed E-state index contributed by atoms with van der Waals surface area (Å²) in [7, 11) is 0. The second-order valence-electron chi connectivity index (χ2n) is 4.53. The predicted octanol–water partition coefficient (Wildman–Crippen LogP) is 3.58. The number of nitrogens with zero attached hydrogens (tertiary/aromatic N) is 1. The van der Waals surface area contributed by atoms with Gasteiger partial charge in [-0.25, -0.2) is 9.18 Å². The Balaban J connectivity index is 2.01. The number of rotatable bonds is 3. The highest BCUT2D eigenvalue weighted by Gasteiger charge is 2.10. The molecule has 104 valence electrons. The van der Waals surface area contributed by atoms with Crippen LogP contribution in [0.1, 0.15) is 10.4 Å². The van der Waals surface area contributed by atoms with Gasteiger partial charge >= 0.3 is 5.97 Å². The summed E-state index contributed by atoms with van der Waals surface area (Å²) in [6, 6.07) is 14.5. The monoisotopic (exact) mass is 282 g/mol. The van der Waals surface area contributed by atoms with Crippen LogP contribution in [-0.4, -0.2) is 21.3 Å². The summed E-state index contributed by atoms with van der Waals surface area (Å²) in [5, 5.41) is 15.9. The summed E-state index contributed by atoms with van der Waals surface area (Å²) >= 11 is 0. The molecule has 3 aromatic rings. The van der Waals surface area contributed by atoms with E-state index in [1.807, 2.05) is 0 Å². The van der Waals surface area contributed by atoms with Crippen LogP contribution >= 0.6 is 0 Å². The number of carboxylic acid groups (broad SMARTS) is 1. The molecule has 0 fully saturated rings. The van der Waals surface area contributed by atoms with Gasteiger partial charge in [0.2, 0.25) is 0 Å². The molecule has 5 heteroatoms. The standard InChI is InChI=1S/C16H11FN2O2/c17-13-7-2-1-6-12(13)15-9-14(18-19-15)10-4-3-5-11(8-10)16(20)21/h1-9H,(H,18,19)(H,20,21). The lowest BCUT2D eigenvalue weighted by atomic mass is 10.1. The van der Waals surface area contributed by atoms with Crippen molar-refractivity contribution in [2.75, 3.05) is 0 Å². The average molecular weight is 282 g/mol. The number of carbonyl (C=O) groups is 1. The van der Waals surface area contributed by atoms with Crippen LogP contribution in [0.4, 0.5) is 4.39 Å². The predicted molar refractivity (Wildman–Crippen MR) is 76.4 cm³/mol. The summed E-state index contributed by atoms with van der Waals surface area (Å²) in [4.78, 5) is 11.0. The van der Waals surface area contributed by atoms with Crippen LogP contribution in [0.2, 0.25) is 0 Å². The summed E-state index contributed by atoms with van der Waals surface area (Å²) in [6.07, 6.45) is 0. The SMILES string of the molecule is O=C(O)c1cccc(-c2cc(-c3ccccc3F)[nH]n2)c1. The molecule has 0 aliphatic carbocycles. The van der Waals surface area contributed by atoms with Crippen molar-refractivity contribution in [3.8, 4) is 22.5 Å². The van der Waals surface area contributed by atoms with Crippen LogP contribution in [0.25, 0.3) is 22.5 Å². The molecule has 2 aromatic carbocycles. The van der Waals surface area contributed by atoms with Crippen molar-refractivity contribution >= 4 is 5.97 Å².